The van der Waals surface area contributed by atoms with Crippen molar-refractivity contribution >= 4 is 35.0 Å². The lowest BCUT2D eigenvalue weighted by Gasteiger charge is -2.19. The highest BCUT2D eigenvalue weighted by molar-refractivity contribution is 6.34. The van der Waals surface area contributed by atoms with Gasteiger partial charge in [-0.15, -0.1) is 0 Å². The first-order valence-corrected chi connectivity index (χ1v) is 10.0. The van der Waals surface area contributed by atoms with E-state index in [-0.39, 0.29) is 22.8 Å². The van der Waals surface area contributed by atoms with Crippen molar-refractivity contribution in [1.82, 2.24) is 10.2 Å². The van der Waals surface area contributed by atoms with Crippen LogP contribution in [0.3, 0.4) is 0 Å². The van der Waals surface area contributed by atoms with Gasteiger partial charge in [0.1, 0.15) is 6.04 Å². The van der Waals surface area contributed by atoms with Gasteiger partial charge in [0.05, 0.1) is 10.6 Å². The molecule has 0 aliphatic heterocycles. The maximum atomic E-state index is 12.5. The maximum absolute atomic E-state index is 12.5. The molecule has 2 N–H and O–H groups in total. The molecule has 3 amide bonds. The van der Waals surface area contributed by atoms with Crippen LogP contribution in [0.25, 0.3) is 0 Å². The minimum atomic E-state index is -0.775. The Balaban J connectivity index is 2.05. The molecule has 0 saturated heterocycles. The van der Waals surface area contributed by atoms with Crippen LogP contribution in [-0.4, -0.2) is 42.8 Å². The summed E-state index contributed by atoms with van der Waals surface area (Å²) in [5.41, 5.74) is 2.30. The van der Waals surface area contributed by atoms with Gasteiger partial charge >= 0.3 is 0 Å². The van der Waals surface area contributed by atoms with Crippen LogP contribution in [0.15, 0.2) is 42.5 Å². The second-order valence-corrected chi connectivity index (χ2v) is 8.81. The summed E-state index contributed by atoms with van der Waals surface area (Å²) in [6.45, 7) is 7.90. The average Bonchev–Trinajstić information content (AvgIpc) is 2.68. The quantitative estimate of drug-likeness (QED) is 0.751. The van der Waals surface area contributed by atoms with E-state index in [2.05, 4.69) is 31.4 Å². The number of hydrogen-bond acceptors (Lipinski definition) is 3. The number of anilines is 1. The molecule has 0 radical (unpaired) electrons. The maximum Gasteiger partial charge on any atom is 0.254 e. The van der Waals surface area contributed by atoms with Gasteiger partial charge in [0.25, 0.3) is 11.8 Å². The Morgan fingerprint density at radius 3 is 2.13 bits per heavy atom. The van der Waals surface area contributed by atoms with E-state index in [9.17, 15) is 14.4 Å². The SMILES string of the molecule is CC(NC(=O)c1ccc(C(C)(C)C)cc1)C(=O)Nc1ccc(Cl)c(C(=O)N(C)C)c1. The molecule has 2 aromatic carbocycles. The Kier molecular flexibility index (Phi) is 7.26. The van der Waals surface area contributed by atoms with Gasteiger partial charge in [-0.1, -0.05) is 44.5 Å². The molecule has 30 heavy (non-hydrogen) atoms. The van der Waals surface area contributed by atoms with E-state index in [0.717, 1.165) is 5.56 Å². The Hall–Kier alpha value is -2.86. The van der Waals surface area contributed by atoms with Crippen LogP contribution >= 0.6 is 11.6 Å². The van der Waals surface area contributed by atoms with E-state index in [1.54, 1.807) is 45.3 Å². The first kappa shape index (κ1) is 23.4. The predicted octanol–water partition coefficient (Wildman–Crippen LogP) is 4.10. The van der Waals surface area contributed by atoms with Gasteiger partial charge in [-0.3, -0.25) is 14.4 Å². The molecule has 7 heteroatoms. The number of benzene rings is 2. The molecular formula is C23H28ClN3O3. The molecule has 2 rings (SSSR count). The zero-order chi connectivity index (χ0) is 22.6. The highest BCUT2D eigenvalue weighted by Gasteiger charge is 2.19. The second kappa shape index (κ2) is 9.30. The summed E-state index contributed by atoms with van der Waals surface area (Å²) in [5, 5.41) is 5.69. The molecule has 0 aliphatic rings. The molecule has 0 fully saturated rings. The molecule has 160 valence electrons. The van der Waals surface area contributed by atoms with Crippen LogP contribution in [0.2, 0.25) is 5.02 Å². The van der Waals surface area contributed by atoms with E-state index in [0.29, 0.717) is 16.3 Å². The average molecular weight is 430 g/mol. The molecule has 0 bridgehead atoms. The van der Waals surface area contributed by atoms with Crippen LogP contribution in [0, 0.1) is 0 Å². The molecule has 0 heterocycles. The normalized spacial score (nSPS) is 12.1. The summed E-state index contributed by atoms with van der Waals surface area (Å²) >= 11 is 6.09. The Bertz CT molecular complexity index is 947. The number of carbonyl (C=O) groups is 3. The van der Waals surface area contributed by atoms with E-state index < -0.39 is 11.9 Å². The van der Waals surface area contributed by atoms with Crippen molar-refractivity contribution < 1.29 is 14.4 Å². The van der Waals surface area contributed by atoms with Crippen molar-refractivity contribution in [2.75, 3.05) is 19.4 Å². The Morgan fingerprint density at radius 2 is 1.60 bits per heavy atom. The molecule has 2 aromatic rings. The Labute approximate surface area is 182 Å². The third-order valence-electron chi connectivity index (χ3n) is 4.62. The van der Waals surface area contributed by atoms with Crippen molar-refractivity contribution in [2.45, 2.75) is 39.2 Å². The van der Waals surface area contributed by atoms with Crippen LogP contribution in [-0.2, 0) is 10.2 Å². The predicted molar refractivity (Wildman–Crippen MR) is 120 cm³/mol. The van der Waals surface area contributed by atoms with E-state index in [1.807, 2.05) is 12.1 Å². The van der Waals surface area contributed by atoms with Crippen molar-refractivity contribution in [3.63, 3.8) is 0 Å². The van der Waals surface area contributed by atoms with Crippen molar-refractivity contribution in [2.24, 2.45) is 0 Å². The van der Waals surface area contributed by atoms with Gasteiger partial charge in [0.15, 0.2) is 0 Å². The molecule has 1 unspecified atom stereocenters. The van der Waals surface area contributed by atoms with Gasteiger partial charge in [-0.25, -0.2) is 0 Å². The minimum absolute atomic E-state index is 0.00637. The highest BCUT2D eigenvalue weighted by Crippen LogP contribution is 2.23. The Morgan fingerprint density at radius 1 is 1.00 bits per heavy atom. The number of nitrogens with zero attached hydrogens (tertiary/aromatic N) is 1. The van der Waals surface area contributed by atoms with Gasteiger partial charge in [0.2, 0.25) is 5.91 Å². The second-order valence-electron chi connectivity index (χ2n) is 8.41. The number of rotatable bonds is 5. The standard InChI is InChI=1S/C23H28ClN3O3/c1-14(25-21(29)15-7-9-16(10-8-15)23(2,3)4)20(28)26-17-11-12-19(24)18(13-17)22(30)27(5)6/h7-14H,1-6H3,(H,25,29)(H,26,28). The number of carbonyl (C=O) groups excluding carboxylic acids is 3. The minimum Gasteiger partial charge on any atom is -0.345 e. The lowest BCUT2D eigenvalue weighted by molar-refractivity contribution is -0.117. The number of amides is 3. The van der Waals surface area contributed by atoms with Gasteiger partial charge < -0.3 is 15.5 Å². The van der Waals surface area contributed by atoms with Gasteiger partial charge in [-0.05, 0) is 48.2 Å². The monoisotopic (exact) mass is 429 g/mol. The third kappa shape index (κ3) is 5.83. The largest absolute Gasteiger partial charge is 0.345 e. The van der Waals surface area contributed by atoms with Gasteiger partial charge in [-0.2, -0.15) is 0 Å². The first-order chi connectivity index (χ1) is 13.9. The topological polar surface area (TPSA) is 78.5 Å². The number of hydrogen-bond donors (Lipinski definition) is 2. The van der Waals surface area contributed by atoms with Crippen LogP contribution in [0.5, 0.6) is 0 Å². The highest BCUT2D eigenvalue weighted by atomic mass is 35.5. The lowest BCUT2D eigenvalue weighted by atomic mass is 9.86. The zero-order valence-electron chi connectivity index (χ0n) is 18.2. The van der Waals surface area contributed by atoms with E-state index >= 15 is 0 Å². The van der Waals surface area contributed by atoms with Crippen molar-refractivity contribution in [1.29, 1.82) is 0 Å². The molecular weight excluding hydrogens is 402 g/mol. The zero-order valence-corrected chi connectivity index (χ0v) is 18.9. The summed E-state index contributed by atoms with van der Waals surface area (Å²) < 4.78 is 0. The fourth-order valence-corrected chi connectivity index (χ4v) is 2.92. The summed E-state index contributed by atoms with van der Waals surface area (Å²) in [6.07, 6.45) is 0. The summed E-state index contributed by atoms with van der Waals surface area (Å²) in [5.74, 6) is -1.01. The van der Waals surface area contributed by atoms with Crippen molar-refractivity contribution in [3.8, 4) is 0 Å². The van der Waals surface area contributed by atoms with Gasteiger partial charge in [0, 0.05) is 25.3 Å². The number of nitrogens with one attached hydrogen (secondary N) is 2. The van der Waals surface area contributed by atoms with Crippen LogP contribution in [0.1, 0.15) is 54.0 Å². The molecule has 0 aromatic heterocycles. The number of halogens is 1. The van der Waals surface area contributed by atoms with Crippen molar-refractivity contribution in [3.05, 3.63) is 64.2 Å². The summed E-state index contributed by atoms with van der Waals surface area (Å²) in [7, 11) is 3.24. The molecule has 0 saturated carbocycles. The fourth-order valence-electron chi connectivity index (χ4n) is 2.73. The smallest absolute Gasteiger partial charge is 0.254 e. The molecule has 0 aliphatic carbocycles. The third-order valence-corrected chi connectivity index (χ3v) is 4.95. The molecule has 6 nitrogen and oxygen atoms in total. The lowest BCUT2D eigenvalue weighted by Crippen LogP contribution is -2.41. The fraction of sp³-hybridized carbons (Fsp3) is 0.348. The molecule has 0 spiro atoms. The summed E-state index contributed by atoms with van der Waals surface area (Å²) in [4.78, 5) is 38.6. The molecule has 1 atom stereocenters. The van der Waals surface area contributed by atoms with Crippen LogP contribution < -0.4 is 10.6 Å². The van der Waals surface area contributed by atoms with Crippen LogP contribution in [0.4, 0.5) is 5.69 Å². The van der Waals surface area contributed by atoms with E-state index in [4.69, 9.17) is 11.6 Å². The first-order valence-electron chi connectivity index (χ1n) is 9.63. The summed E-state index contributed by atoms with van der Waals surface area (Å²) in [6, 6.07) is 11.2. The van der Waals surface area contributed by atoms with E-state index in [1.165, 1.54) is 11.0 Å².